The molecule has 8 nitrogen and oxygen atoms in total. The topological polar surface area (TPSA) is 92.3 Å². The van der Waals surface area contributed by atoms with Crippen LogP contribution in [-0.4, -0.2) is 33.3 Å². The molecule has 198 valence electrons. The fourth-order valence-corrected chi connectivity index (χ4v) is 5.48. The van der Waals surface area contributed by atoms with Crippen LogP contribution in [0.3, 0.4) is 0 Å². The highest BCUT2D eigenvalue weighted by Crippen LogP contribution is 2.40. The molecule has 4 rings (SSSR count). The van der Waals surface area contributed by atoms with E-state index in [1.54, 1.807) is 36.4 Å². The molecule has 1 aromatic heterocycles. The van der Waals surface area contributed by atoms with Crippen LogP contribution in [-0.2, 0) is 6.61 Å². The summed E-state index contributed by atoms with van der Waals surface area (Å²) in [5.41, 5.74) is 4.68. The number of hydrogen-bond acceptors (Lipinski definition) is 7. The molecule has 0 aliphatic carbocycles. The van der Waals surface area contributed by atoms with Crippen molar-refractivity contribution in [1.82, 2.24) is 14.8 Å². The third-order valence-electron chi connectivity index (χ3n) is 6.06. The van der Waals surface area contributed by atoms with E-state index in [-0.39, 0.29) is 18.1 Å². The number of hydrogen-bond donors (Lipinski definition) is 0. The molecule has 0 aliphatic heterocycles. The van der Waals surface area contributed by atoms with E-state index in [1.807, 2.05) is 37.5 Å². The molecule has 1 heterocycles. The molecule has 38 heavy (non-hydrogen) atoms. The van der Waals surface area contributed by atoms with Gasteiger partial charge in [0.2, 0.25) is 6.54 Å². The second kappa shape index (κ2) is 12.1. The summed E-state index contributed by atoms with van der Waals surface area (Å²) in [6, 6.07) is 16.6. The molecule has 0 N–H and O–H groups in total. The van der Waals surface area contributed by atoms with E-state index in [2.05, 4.69) is 16.3 Å². The van der Waals surface area contributed by atoms with Crippen molar-refractivity contribution < 1.29 is 14.4 Å². The van der Waals surface area contributed by atoms with Crippen molar-refractivity contribution in [2.24, 2.45) is 0 Å². The van der Waals surface area contributed by atoms with Gasteiger partial charge < -0.3 is 9.47 Å². The van der Waals surface area contributed by atoms with Gasteiger partial charge >= 0.3 is 0 Å². The Labute approximate surface area is 235 Å². The van der Waals surface area contributed by atoms with Crippen molar-refractivity contribution in [3.05, 3.63) is 103 Å². The van der Waals surface area contributed by atoms with E-state index >= 15 is 0 Å². The molecule has 0 saturated heterocycles. The van der Waals surface area contributed by atoms with E-state index in [0.717, 1.165) is 16.8 Å². The van der Waals surface area contributed by atoms with Crippen LogP contribution < -0.4 is 9.47 Å². The fourth-order valence-electron chi connectivity index (χ4n) is 3.85. The smallest absolute Gasteiger partial charge is 0.220 e. The maximum absolute atomic E-state index is 11.6. The normalized spacial score (nSPS) is 11.8. The van der Waals surface area contributed by atoms with Gasteiger partial charge in [-0.2, -0.15) is 0 Å². The summed E-state index contributed by atoms with van der Waals surface area (Å²) in [7, 11) is 1.52. The first-order valence-corrected chi connectivity index (χ1v) is 13.3. The summed E-state index contributed by atoms with van der Waals surface area (Å²) in [5, 5.41) is 21.3. The van der Waals surface area contributed by atoms with Gasteiger partial charge in [-0.1, -0.05) is 53.2 Å². The summed E-state index contributed by atoms with van der Waals surface area (Å²) >= 11 is 13.5. The molecule has 0 fully saturated rings. The van der Waals surface area contributed by atoms with Crippen LogP contribution in [0.5, 0.6) is 11.5 Å². The molecule has 11 heteroatoms. The van der Waals surface area contributed by atoms with E-state index < -0.39 is 5.25 Å². The molecular weight excluding hydrogens is 547 g/mol. The standard InChI is InChI=1S/C27H26Cl2N4O4S/c1-16-5-9-22(11-17(16)2)33-18(3)30-31-27(33)38-26(14-32(34)35)19-7-10-24(25(12-19)36-4)37-15-20-6-8-21(28)13-23(20)29/h5-13,26H,14-15H2,1-4H3/t26-/m1/s1. The van der Waals surface area contributed by atoms with Gasteiger partial charge in [-0.05, 0) is 73.9 Å². The van der Waals surface area contributed by atoms with Gasteiger partial charge in [-0.3, -0.25) is 14.7 Å². The zero-order chi connectivity index (χ0) is 27.4. The summed E-state index contributed by atoms with van der Waals surface area (Å²) in [5.74, 6) is 1.63. The Balaban J connectivity index is 1.61. The van der Waals surface area contributed by atoms with E-state index in [4.69, 9.17) is 32.7 Å². The molecule has 0 spiro atoms. The lowest BCUT2D eigenvalue weighted by molar-refractivity contribution is -0.479. The van der Waals surface area contributed by atoms with Crippen LogP contribution in [0.2, 0.25) is 10.0 Å². The summed E-state index contributed by atoms with van der Waals surface area (Å²) in [6.45, 7) is 5.84. The highest BCUT2D eigenvalue weighted by Gasteiger charge is 2.25. The van der Waals surface area contributed by atoms with Crippen molar-refractivity contribution in [3.63, 3.8) is 0 Å². The van der Waals surface area contributed by atoms with Gasteiger partial charge in [-0.25, -0.2) is 0 Å². The molecule has 0 unspecified atom stereocenters. The fraction of sp³-hybridized carbons (Fsp3) is 0.259. The van der Waals surface area contributed by atoms with Gasteiger partial charge in [-0.15, -0.1) is 10.2 Å². The molecule has 4 aromatic rings. The Hall–Kier alpha value is -3.27. The van der Waals surface area contributed by atoms with E-state index in [1.165, 1.54) is 24.4 Å². The molecule has 1 atom stereocenters. The van der Waals surface area contributed by atoms with Gasteiger partial charge in [0.1, 0.15) is 17.7 Å². The minimum absolute atomic E-state index is 0.205. The summed E-state index contributed by atoms with van der Waals surface area (Å²) in [4.78, 5) is 11.3. The number of benzene rings is 3. The van der Waals surface area contributed by atoms with Gasteiger partial charge in [0.15, 0.2) is 16.7 Å². The Kier molecular flexibility index (Phi) is 8.81. The van der Waals surface area contributed by atoms with Gasteiger partial charge in [0.05, 0.1) is 7.11 Å². The van der Waals surface area contributed by atoms with Crippen molar-refractivity contribution in [1.29, 1.82) is 0 Å². The number of nitro groups is 1. The van der Waals surface area contributed by atoms with Crippen LogP contribution in [0.1, 0.15) is 33.3 Å². The predicted molar refractivity (Wildman–Crippen MR) is 150 cm³/mol. The van der Waals surface area contributed by atoms with Crippen LogP contribution >= 0.6 is 35.0 Å². The van der Waals surface area contributed by atoms with E-state index in [9.17, 15) is 10.1 Å². The van der Waals surface area contributed by atoms with Crippen LogP contribution in [0.25, 0.3) is 5.69 Å². The highest BCUT2D eigenvalue weighted by molar-refractivity contribution is 7.99. The zero-order valence-corrected chi connectivity index (χ0v) is 23.6. The van der Waals surface area contributed by atoms with Crippen molar-refractivity contribution in [2.45, 2.75) is 37.8 Å². The lowest BCUT2D eigenvalue weighted by Gasteiger charge is -2.17. The molecule has 0 amide bonds. The SMILES string of the molecule is COc1cc([C@@H](C[N+](=O)[O-])Sc2nnc(C)n2-c2ccc(C)c(C)c2)ccc1OCc1ccc(Cl)cc1Cl. The molecular formula is C27H26Cl2N4O4S. The first-order valence-electron chi connectivity index (χ1n) is 11.7. The number of halogens is 2. The number of rotatable bonds is 10. The maximum Gasteiger partial charge on any atom is 0.220 e. The first kappa shape index (κ1) is 27.8. The Bertz CT molecular complexity index is 1480. The van der Waals surface area contributed by atoms with Crippen LogP contribution in [0.4, 0.5) is 0 Å². The Morgan fingerprint density at radius 2 is 1.79 bits per heavy atom. The molecule has 3 aromatic carbocycles. The molecule has 0 aliphatic rings. The lowest BCUT2D eigenvalue weighted by atomic mass is 10.1. The minimum atomic E-state index is -0.549. The Morgan fingerprint density at radius 1 is 1.00 bits per heavy atom. The van der Waals surface area contributed by atoms with Crippen LogP contribution in [0, 0.1) is 30.9 Å². The average molecular weight is 574 g/mol. The second-order valence-electron chi connectivity index (χ2n) is 8.69. The molecule has 0 radical (unpaired) electrons. The lowest BCUT2D eigenvalue weighted by Crippen LogP contribution is -2.11. The average Bonchev–Trinajstić information content (AvgIpc) is 3.24. The molecule has 0 saturated carbocycles. The zero-order valence-electron chi connectivity index (χ0n) is 21.3. The Morgan fingerprint density at radius 3 is 2.47 bits per heavy atom. The number of nitrogens with zero attached hydrogens (tertiary/aromatic N) is 4. The summed E-state index contributed by atoms with van der Waals surface area (Å²) < 4.78 is 13.4. The monoisotopic (exact) mass is 572 g/mol. The van der Waals surface area contributed by atoms with Gasteiger partial charge in [0, 0.05) is 26.2 Å². The number of thioether (sulfide) groups is 1. The maximum atomic E-state index is 11.6. The first-order chi connectivity index (χ1) is 18.2. The number of aryl methyl sites for hydroxylation is 3. The van der Waals surface area contributed by atoms with Crippen LogP contribution in [0.15, 0.2) is 59.8 Å². The van der Waals surface area contributed by atoms with Gasteiger partial charge in [0.25, 0.3) is 0 Å². The predicted octanol–water partition coefficient (Wildman–Crippen LogP) is 7.20. The number of aromatic nitrogens is 3. The van der Waals surface area contributed by atoms with Crippen molar-refractivity contribution in [2.75, 3.05) is 13.7 Å². The molecule has 0 bridgehead atoms. The van der Waals surface area contributed by atoms with Crippen molar-refractivity contribution in [3.8, 4) is 17.2 Å². The quantitative estimate of drug-likeness (QED) is 0.113. The number of ether oxygens (including phenoxy) is 2. The third kappa shape index (κ3) is 6.40. The largest absolute Gasteiger partial charge is 0.493 e. The highest BCUT2D eigenvalue weighted by atomic mass is 35.5. The number of methoxy groups -OCH3 is 1. The van der Waals surface area contributed by atoms with Crippen molar-refractivity contribution >= 4 is 35.0 Å². The minimum Gasteiger partial charge on any atom is -0.493 e. The third-order valence-corrected chi connectivity index (χ3v) is 7.83. The second-order valence-corrected chi connectivity index (χ2v) is 10.7. The summed E-state index contributed by atoms with van der Waals surface area (Å²) in [6.07, 6.45) is 0. The van der Waals surface area contributed by atoms with E-state index in [0.29, 0.717) is 38.1 Å².